The van der Waals surface area contributed by atoms with Gasteiger partial charge in [-0.1, -0.05) is 24.3 Å². The molecule has 0 saturated carbocycles. The number of fused-ring (bicyclic) bond motifs is 1. The summed E-state index contributed by atoms with van der Waals surface area (Å²) >= 11 is 0. The van der Waals surface area contributed by atoms with E-state index in [2.05, 4.69) is 6.58 Å². The maximum Gasteiger partial charge on any atom is 0.227 e. The summed E-state index contributed by atoms with van der Waals surface area (Å²) in [7, 11) is 0. The van der Waals surface area contributed by atoms with Crippen molar-refractivity contribution in [2.24, 2.45) is 5.73 Å². The van der Waals surface area contributed by atoms with Crippen molar-refractivity contribution in [1.82, 2.24) is 0 Å². The minimum Gasteiger partial charge on any atom is -0.326 e. The quantitative estimate of drug-likeness (QED) is 0.806. The fourth-order valence-electron chi connectivity index (χ4n) is 2.22. The predicted octanol–water partition coefficient (Wildman–Crippen LogP) is 1.87. The molecule has 1 unspecified atom stereocenters. The lowest BCUT2D eigenvalue weighted by Gasteiger charge is -2.33. The third kappa shape index (κ3) is 2.56. The average Bonchev–Trinajstić information content (AvgIpc) is 2.34. The van der Waals surface area contributed by atoms with E-state index >= 15 is 0 Å². The first-order chi connectivity index (χ1) is 8.22. The SMILES string of the molecule is C=CCCC(=O)N1CC(N)Cc2ccccc21. The molecule has 1 aliphatic heterocycles. The van der Waals surface area contributed by atoms with Crippen LogP contribution in [0.25, 0.3) is 0 Å². The molecular formula is C14H18N2O. The summed E-state index contributed by atoms with van der Waals surface area (Å²) in [4.78, 5) is 13.9. The number of nitrogens with zero attached hydrogens (tertiary/aromatic N) is 1. The zero-order valence-electron chi connectivity index (χ0n) is 9.93. The van der Waals surface area contributed by atoms with Crippen LogP contribution in [0.1, 0.15) is 18.4 Å². The fraction of sp³-hybridized carbons (Fsp3) is 0.357. The topological polar surface area (TPSA) is 46.3 Å². The minimum absolute atomic E-state index is 0.0394. The molecule has 2 N–H and O–H groups in total. The number of rotatable bonds is 3. The molecule has 2 rings (SSSR count). The van der Waals surface area contributed by atoms with E-state index in [1.807, 2.05) is 29.2 Å². The smallest absolute Gasteiger partial charge is 0.227 e. The van der Waals surface area contributed by atoms with Crippen LogP contribution in [0.5, 0.6) is 0 Å². The molecule has 0 aromatic heterocycles. The maximum atomic E-state index is 12.1. The van der Waals surface area contributed by atoms with Crippen LogP contribution >= 0.6 is 0 Å². The van der Waals surface area contributed by atoms with Crippen LogP contribution in [0, 0.1) is 0 Å². The van der Waals surface area contributed by atoms with Crippen molar-refractivity contribution >= 4 is 11.6 Å². The van der Waals surface area contributed by atoms with Gasteiger partial charge in [-0.05, 0) is 24.5 Å². The van der Waals surface area contributed by atoms with Crippen molar-refractivity contribution < 1.29 is 4.79 Å². The first-order valence-electron chi connectivity index (χ1n) is 5.97. The number of para-hydroxylation sites is 1. The molecule has 1 aromatic carbocycles. The normalized spacial score (nSPS) is 18.6. The van der Waals surface area contributed by atoms with E-state index in [-0.39, 0.29) is 11.9 Å². The summed E-state index contributed by atoms with van der Waals surface area (Å²) in [5, 5.41) is 0. The molecule has 1 heterocycles. The molecule has 0 fully saturated rings. The van der Waals surface area contributed by atoms with Gasteiger partial charge in [0.25, 0.3) is 0 Å². The van der Waals surface area contributed by atoms with E-state index in [4.69, 9.17) is 5.73 Å². The number of benzene rings is 1. The van der Waals surface area contributed by atoms with E-state index in [1.54, 1.807) is 6.08 Å². The number of carbonyl (C=O) groups is 1. The third-order valence-corrected chi connectivity index (χ3v) is 3.04. The van der Waals surface area contributed by atoms with Gasteiger partial charge in [-0.3, -0.25) is 4.79 Å². The van der Waals surface area contributed by atoms with Crippen molar-refractivity contribution in [2.75, 3.05) is 11.4 Å². The Morgan fingerprint density at radius 1 is 1.53 bits per heavy atom. The van der Waals surface area contributed by atoms with Gasteiger partial charge in [0.15, 0.2) is 0 Å². The number of hydrogen-bond donors (Lipinski definition) is 1. The largest absolute Gasteiger partial charge is 0.326 e. The van der Waals surface area contributed by atoms with Gasteiger partial charge >= 0.3 is 0 Å². The Morgan fingerprint density at radius 3 is 3.06 bits per heavy atom. The molecule has 1 amide bonds. The van der Waals surface area contributed by atoms with Crippen molar-refractivity contribution in [1.29, 1.82) is 0 Å². The van der Waals surface area contributed by atoms with E-state index in [0.717, 1.165) is 12.1 Å². The monoisotopic (exact) mass is 230 g/mol. The van der Waals surface area contributed by atoms with Crippen molar-refractivity contribution in [2.45, 2.75) is 25.3 Å². The Labute approximate surface area is 102 Å². The highest BCUT2D eigenvalue weighted by molar-refractivity contribution is 5.94. The van der Waals surface area contributed by atoms with Crippen LogP contribution < -0.4 is 10.6 Å². The second kappa shape index (κ2) is 5.15. The van der Waals surface area contributed by atoms with Crippen LogP contribution in [-0.4, -0.2) is 18.5 Å². The number of amides is 1. The lowest BCUT2D eigenvalue weighted by molar-refractivity contribution is -0.118. The molecule has 0 bridgehead atoms. The molecule has 3 heteroatoms. The molecule has 90 valence electrons. The van der Waals surface area contributed by atoms with Crippen LogP contribution in [0.15, 0.2) is 36.9 Å². The van der Waals surface area contributed by atoms with Gasteiger partial charge in [0.1, 0.15) is 0 Å². The van der Waals surface area contributed by atoms with E-state index in [0.29, 0.717) is 19.4 Å². The lowest BCUT2D eigenvalue weighted by Crippen LogP contribution is -2.46. The summed E-state index contributed by atoms with van der Waals surface area (Å²) in [5.74, 6) is 0.132. The van der Waals surface area contributed by atoms with E-state index in [1.165, 1.54) is 5.56 Å². The van der Waals surface area contributed by atoms with Gasteiger partial charge in [-0.2, -0.15) is 0 Å². The van der Waals surface area contributed by atoms with Crippen molar-refractivity contribution in [3.05, 3.63) is 42.5 Å². The van der Waals surface area contributed by atoms with Gasteiger partial charge in [0.05, 0.1) is 0 Å². The first kappa shape index (κ1) is 11.9. The summed E-state index contributed by atoms with van der Waals surface area (Å²) in [6.45, 7) is 4.26. The van der Waals surface area contributed by atoms with Gasteiger partial charge in [-0.15, -0.1) is 6.58 Å². The zero-order valence-corrected chi connectivity index (χ0v) is 9.93. The van der Waals surface area contributed by atoms with Gasteiger partial charge < -0.3 is 10.6 Å². The summed E-state index contributed by atoms with van der Waals surface area (Å²) in [6, 6.07) is 8.03. The number of anilines is 1. The van der Waals surface area contributed by atoms with E-state index < -0.39 is 0 Å². The highest BCUT2D eigenvalue weighted by Crippen LogP contribution is 2.26. The summed E-state index contributed by atoms with van der Waals surface area (Å²) < 4.78 is 0. The second-order valence-electron chi connectivity index (χ2n) is 4.42. The average molecular weight is 230 g/mol. The van der Waals surface area contributed by atoms with Gasteiger partial charge in [-0.25, -0.2) is 0 Å². The van der Waals surface area contributed by atoms with Crippen molar-refractivity contribution in [3.63, 3.8) is 0 Å². The first-order valence-corrected chi connectivity index (χ1v) is 5.97. The van der Waals surface area contributed by atoms with Crippen LogP contribution in [-0.2, 0) is 11.2 Å². The van der Waals surface area contributed by atoms with Crippen LogP contribution in [0.4, 0.5) is 5.69 Å². The molecule has 1 aromatic rings. The number of carbonyl (C=O) groups excluding carboxylic acids is 1. The Balaban J connectivity index is 2.23. The zero-order chi connectivity index (χ0) is 12.3. The van der Waals surface area contributed by atoms with Gasteiger partial charge in [0, 0.05) is 24.7 Å². The fourth-order valence-corrected chi connectivity index (χ4v) is 2.22. The summed E-state index contributed by atoms with van der Waals surface area (Å²) in [6.07, 6.45) is 3.84. The number of hydrogen-bond acceptors (Lipinski definition) is 2. The molecule has 0 spiro atoms. The van der Waals surface area contributed by atoms with Gasteiger partial charge in [0.2, 0.25) is 5.91 Å². The second-order valence-corrected chi connectivity index (χ2v) is 4.42. The predicted molar refractivity (Wildman–Crippen MR) is 69.9 cm³/mol. The Bertz CT molecular complexity index is 428. The summed E-state index contributed by atoms with van der Waals surface area (Å²) in [5.41, 5.74) is 8.17. The van der Waals surface area contributed by atoms with Crippen LogP contribution in [0.2, 0.25) is 0 Å². The van der Waals surface area contributed by atoms with E-state index in [9.17, 15) is 4.79 Å². The Kier molecular flexibility index (Phi) is 3.59. The number of nitrogens with two attached hydrogens (primary N) is 1. The van der Waals surface area contributed by atoms with Crippen LogP contribution in [0.3, 0.4) is 0 Å². The molecular weight excluding hydrogens is 212 g/mol. The molecule has 0 aliphatic carbocycles. The molecule has 17 heavy (non-hydrogen) atoms. The highest BCUT2D eigenvalue weighted by Gasteiger charge is 2.25. The maximum absolute atomic E-state index is 12.1. The molecule has 0 radical (unpaired) electrons. The third-order valence-electron chi connectivity index (χ3n) is 3.04. The standard InChI is InChI=1S/C14H18N2O/c1-2-3-8-14(17)16-10-12(15)9-11-6-4-5-7-13(11)16/h2,4-7,12H,1,3,8-10,15H2. The molecule has 1 atom stereocenters. The molecule has 1 aliphatic rings. The minimum atomic E-state index is 0.0394. The Hall–Kier alpha value is -1.61. The lowest BCUT2D eigenvalue weighted by atomic mass is 9.98. The van der Waals surface area contributed by atoms with Crippen molar-refractivity contribution in [3.8, 4) is 0 Å². The highest BCUT2D eigenvalue weighted by atomic mass is 16.2. The molecule has 3 nitrogen and oxygen atoms in total. The Morgan fingerprint density at radius 2 is 2.29 bits per heavy atom. The molecule has 0 saturated heterocycles. The number of allylic oxidation sites excluding steroid dienone is 1.